The van der Waals surface area contributed by atoms with Crippen LogP contribution in [0.4, 0.5) is 18.9 Å². The van der Waals surface area contributed by atoms with Gasteiger partial charge < -0.3 is 10.2 Å². The second-order valence-corrected chi connectivity index (χ2v) is 14.4. The molecular formula is C36H36Cl2F3N3O4S. The van der Waals surface area contributed by atoms with Gasteiger partial charge in [-0.05, 0) is 73.9 Å². The molecule has 0 aliphatic heterocycles. The van der Waals surface area contributed by atoms with Crippen molar-refractivity contribution < 1.29 is 31.2 Å². The SMILES string of the molecule is CC[C@@H](C)NC(=O)[C@@H](Cc1ccccc1)N(Cc1cccc(Cl)c1)C(=O)CN(c1ccc(Cl)c(C(F)(F)F)c1)S(=O)(=O)c1ccc(C)cc1. The molecule has 13 heteroatoms. The van der Waals surface area contributed by atoms with Crippen molar-refractivity contribution in [3.63, 3.8) is 0 Å². The average Bonchev–Trinajstić information content (AvgIpc) is 3.05. The molecule has 0 saturated carbocycles. The molecule has 7 nitrogen and oxygen atoms in total. The minimum Gasteiger partial charge on any atom is -0.352 e. The Kier molecular flexibility index (Phi) is 12.4. The van der Waals surface area contributed by atoms with Gasteiger partial charge >= 0.3 is 6.18 Å². The summed E-state index contributed by atoms with van der Waals surface area (Å²) >= 11 is 12.1. The Balaban J connectivity index is 1.87. The maximum atomic E-state index is 14.5. The topological polar surface area (TPSA) is 86.8 Å². The van der Waals surface area contributed by atoms with Crippen molar-refractivity contribution >= 4 is 50.7 Å². The third kappa shape index (κ3) is 9.77. The Morgan fingerprint density at radius 1 is 0.878 bits per heavy atom. The second kappa shape index (κ2) is 16.1. The number of alkyl halides is 3. The lowest BCUT2D eigenvalue weighted by molar-refractivity contribution is -0.140. The standard InChI is InChI=1S/C36H36Cl2F3N3O4S/c1-4-25(3)42-35(46)33(20-26-9-6-5-7-10-26)43(22-27-11-8-12-28(37)19-27)34(45)23-44(49(47,48)30-16-13-24(2)14-17-30)29-15-18-32(38)31(21-29)36(39,40)41/h5-19,21,25,33H,4,20,22-23H2,1-3H3,(H,42,46)/t25-,33-/m1/s1. The van der Waals surface area contributed by atoms with Crippen molar-refractivity contribution in [2.75, 3.05) is 10.8 Å². The van der Waals surface area contributed by atoms with Crippen LogP contribution in [0.5, 0.6) is 0 Å². The predicted octanol–water partition coefficient (Wildman–Crippen LogP) is 8.07. The molecular weight excluding hydrogens is 698 g/mol. The number of hydrogen-bond acceptors (Lipinski definition) is 4. The average molecular weight is 735 g/mol. The van der Waals surface area contributed by atoms with E-state index in [-0.39, 0.29) is 23.9 Å². The Morgan fingerprint density at radius 3 is 2.14 bits per heavy atom. The highest BCUT2D eigenvalue weighted by atomic mass is 35.5. The fourth-order valence-corrected chi connectivity index (χ4v) is 6.92. The summed E-state index contributed by atoms with van der Waals surface area (Å²) in [5.41, 5.74) is 0.323. The number of hydrogen-bond donors (Lipinski definition) is 1. The van der Waals surface area contributed by atoms with Gasteiger partial charge in [0.1, 0.15) is 12.6 Å². The molecule has 0 aliphatic carbocycles. The van der Waals surface area contributed by atoms with Crippen molar-refractivity contribution in [3.05, 3.63) is 129 Å². The summed E-state index contributed by atoms with van der Waals surface area (Å²) in [6.45, 7) is 4.36. The van der Waals surface area contributed by atoms with Crippen molar-refractivity contribution in [1.82, 2.24) is 10.2 Å². The molecule has 1 N–H and O–H groups in total. The Bertz CT molecular complexity index is 1870. The maximum absolute atomic E-state index is 14.5. The molecule has 0 aliphatic rings. The first-order chi connectivity index (χ1) is 23.1. The molecule has 4 aromatic carbocycles. The van der Waals surface area contributed by atoms with E-state index in [1.54, 1.807) is 55.5 Å². The molecule has 0 saturated heterocycles. The minimum atomic E-state index is -4.91. The van der Waals surface area contributed by atoms with E-state index < -0.39 is 56.9 Å². The zero-order valence-corrected chi connectivity index (χ0v) is 29.4. The van der Waals surface area contributed by atoms with E-state index in [9.17, 15) is 31.2 Å². The lowest BCUT2D eigenvalue weighted by Crippen LogP contribution is -2.54. The molecule has 0 heterocycles. The molecule has 4 aromatic rings. The molecule has 2 atom stereocenters. The van der Waals surface area contributed by atoms with E-state index in [1.807, 2.05) is 19.9 Å². The summed E-state index contributed by atoms with van der Waals surface area (Å²) in [5.74, 6) is -1.31. The third-order valence-corrected chi connectivity index (χ3v) is 10.3. The number of nitrogens with zero attached hydrogens (tertiary/aromatic N) is 2. The summed E-state index contributed by atoms with van der Waals surface area (Å²) in [5, 5.41) is 2.67. The van der Waals surface area contributed by atoms with Crippen LogP contribution in [-0.2, 0) is 38.8 Å². The molecule has 49 heavy (non-hydrogen) atoms. The number of nitrogens with one attached hydrogen (secondary N) is 1. The van der Waals surface area contributed by atoms with E-state index in [0.29, 0.717) is 27.4 Å². The number of benzene rings is 4. The van der Waals surface area contributed by atoms with Crippen LogP contribution in [-0.4, -0.2) is 43.8 Å². The first-order valence-corrected chi connectivity index (χ1v) is 17.6. The van der Waals surface area contributed by atoms with Gasteiger partial charge in [-0.3, -0.25) is 13.9 Å². The fourth-order valence-electron chi connectivity index (χ4n) is 5.08. The number of carbonyl (C=O) groups is 2. The Hall–Kier alpha value is -4.06. The summed E-state index contributed by atoms with van der Waals surface area (Å²) in [6.07, 6.45) is -4.24. The van der Waals surface area contributed by atoms with Crippen LogP contribution < -0.4 is 9.62 Å². The number of halogens is 5. The lowest BCUT2D eigenvalue weighted by atomic mass is 10.0. The lowest BCUT2D eigenvalue weighted by Gasteiger charge is -2.34. The fraction of sp³-hybridized carbons (Fsp3) is 0.278. The van der Waals surface area contributed by atoms with Crippen molar-refractivity contribution in [3.8, 4) is 0 Å². The van der Waals surface area contributed by atoms with Gasteiger partial charge in [0.25, 0.3) is 10.0 Å². The number of carbonyl (C=O) groups excluding carboxylic acids is 2. The number of anilines is 1. The largest absolute Gasteiger partial charge is 0.417 e. The Labute approximate surface area is 294 Å². The normalized spacial score (nSPS) is 13.0. The highest BCUT2D eigenvalue weighted by molar-refractivity contribution is 7.92. The third-order valence-electron chi connectivity index (χ3n) is 7.95. The number of amides is 2. The van der Waals surface area contributed by atoms with Gasteiger partial charge in [-0.2, -0.15) is 13.2 Å². The highest BCUT2D eigenvalue weighted by Gasteiger charge is 2.38. The van der Waals surface area contributed by atoms with E-state index in [0.717, 1.165) is 23.3 Å². The van der Waals surface area contributed by atoms with Crippen LogP contribution in [0.25, 0.3) is 0 Å². The smallest absolute Gasteiger partial charge is 0.352 e. The number of rotatable bonds is 13. The monoisotopic (exact) mass is 733 g/mol. The molecule has 2 amide bonds. The van der Waals surface area contributed by atoms with Crippen molar-refractivity contribution in [1.29, 1.82) is 0 Å². The molecule has 260 valence electrons. The van der Waals surface area contributed by atoms with Gasteiger partial charge in [0, 0.05) is 24.0 Å². The van der Waals surface area contributed by atoms with Crippen LogP contribution in [0, 0.1) is 6.92 Å². The summed E-state index contributed by atoms with van der Waals surface area (Å²) in [6, 6.07) is 22.6. The summed E-state index contributed by atoms with van der Waals surface area (Å²) in [4.78, 5) is 29.5. The first kappa shape index (κ1) is 37.8. The van der Waals surface area contributed by atoms with Gasteiger partial charge in [-0.15, -0.1) is 0 Å². The highest BCUT2D eigenvalue weighted by Crippen LogP contribution is 2.38. The zero-order chi connectivity index (χ0) is 35.9. The molecule has 0 bridgehead atoms. The maximum Gasteiger partial charge on any atom is 0.417 e. The molecule has 0 unspecified atom stereocenters. The number of sulfonamides is 1. The molecule has 0 aromatic heterocycles. The van der Waals surface area contributed by atoms with E-state index in [4.69, 9.17) is 23.2 Å². The van der Waals surface area contributed by atoms with Crippen LogP contribution in [0.3, 0.4) is 0 Å². The van der Waals surface area contributed by atoms with Crippen LogP contribution >= 0.6 is 23.2 Å². The van der Waals surface area contributed by atoms with Gasteiger partial charge in [-0.25, -0.2) is 8.42 Å². The molecule has 0 radical (unpaired) electrons. The molecule has 0 fully saturated rings. The van der Waals surface area contributed by atoms with Crippen LogP contribution in [0.1, 0.15) is 42.5 Å². The predicted molar refractivity (Wildman–Crippen MR) is 186 cm³/mol. The van der Waals surface area contributed by atoms with E-state index in [2.05, 4.69) is 5.32 Å². The van der Waals surface area contributed by atoms with Gasteiger partial charge in [0.2, 0.25) is 11.8 Å². The van der Waals surface area contributed by atoms with Gasteiger partial charge in [0.15, 0.2) is 0 Å². The zero-order valence-electron chi connectivity index (χ0n) is 27.0. The van der Waals surface area contributed by atoms with Crippen LogP contribution in [0.15, 0.2) is 102 Å². The quantitative estimate of drug-likeness (QED) is 0.151. The summed E-state index contributed by atoms with van der Waals surface area (Å²) in [7, 11) is -4.63. The second-order valence-electron chi connectivity index (χ2n) is 11.7. The molecule has 4 rings (SSSR count). The summed E-state index contributed by atoms with van der Waals surface area (Å²) < 4.78 is 70.9. The minimum absolute atomic E-state index is 0.0687. The van der Waals surface area contributed by atoms with Crippen molar-refractivity contribution in [2.45, 2.75) is 63.3 Å². The van der Waals surface area contributed by atoms with Crippen LogP contribution in [0.2, 0.25) is 10.0 Å². The Morgan fingerprint density at radius 2 is 1.53 bits per heavy atom. The number of aryl methyl sites for hydroxylation is 1. The van der Waals surface area contributed by atoms with Gasteiger partial charge in [-0.1, -0.05) is 90.3 Å². The van der Waals surface area contributed by atoms with E-state index in [1.165, 1.54) is 29.2 Å². The van der Waals surface area contributed by atoms with Gasteiger partial charge in [0.05, 0.1) is 21.2 Å². The van der Waals surface area contributed by atoms with Crippen molar-refractivity contribution in [2.24, 2.45) is 0 Å². The first-order valence-electron chi connectivity index (χ1n) is 15.4. The molecule has 0 spiro atoms. The van der Waals surface area contributed by atoms with E-state index >= 15 is 0 Å².